The maximum Gasteiger partial charge on any atom is 0.417 e. The summed E-state index contributed by atoms with van der Waals surface area (Å²) in [5, 5.41) is 3.11. The van der Waals surface area contributed by atoms with Crippen LogP contribution in [0.4, 0.5) is 23.7 Å². The van der Waals surface area contributed by atoms with E-state index >= 15 is 0 Å². The molecule has 0 aliphatic carbocycles. The molecule has 44 heavy (non-hydrogen) atoms. The van der Waals surface area contributed by atoms with Gasteiger partial charge in [-0.25, -0.2) is 9.78 Å². The number of thiazole rings is 1. The van der Waals surface area contributed by atoms with Crippen molar-refractivity contribution in [2.24, 2.45) is 0 Å². The lowest BCUT2D eigenvalue weighted by Gasteiger charge is -2.40. The number of alkyl halides is 3. The molecule has 0 radical (unpaired) electrons. The molecule has 0 saturated carbocycles. The minimum atomic E-state index is -4.64. The van der Waals surface area contributed by atoms with Crippen LogP contribution >= 0.6 is 11.3 Å². The average molecular weight is 626 g/mol. The summed E-state index contributed by atoms with van der Waals surface area (Å²) in [5.74, 6) is -0.799. The van der Waals surface area contributed by atoms with Crippen molar-refractivity contribution in [3.8, 4) is 0 Å². The van der Waals surface area contributed by atoms with Crippen LogP contribution in [0.1, 0.15) is 39.3 Å². The van der Waals surface area contributed by atoms with Crippen molar-refractivity contribution in [2.45, 2.75) is 44.8 Å². The van der Waals surface area contributed by atoms with Gasteiger partial charge in [-0.15, -0.1) is 11.3 Å². The number of anilines is 1. The van der Waals surface area contributed by atoms with Gasteiger partial charge in [0.1, 0.15) is 18.2 Å². The second-order valence-corrected chi connectivity index (χ2v) is 11.6. The summed E-state index contributed by atoms with van der Waals surface area (Å²) in [4.78, 5) is 58.2. The molecule has 0 atom stereocenters. The molecule has 1 saturated heterocycles. The van der Waals surface area contributed by atoms with Gasteiger partial charge in [-0.05, 0) is 43.2 Å². The standard InChI is InChI=1S/C30H26F3N5O5S/c31-30(32,33)20-6-8-27(40)37(15-20)16-25(39)34-14-26-35-22-13-18(5-7-24(22)44-26)28(41)36-11-9-21(10-12-36)38-23-4-2-1-3-19(23)17-43-29(38)42/h1-8,13,15,21H,9-12,14,16-17H2,(H,34,39). The minimum absolute atomic E-state index is 0.00471. The molecule has 0 bridgehead atoms. The zero-order valence-corrected chi connectivity index (χ0v) is 24.0. The number of hydrogen-bond acceptors (Lipinski definition) is 7. The number of rotatable bonds is 6. The normalized spacial score (nSPS) is 15.7. The van der Waals surface area contributed by atoms with Gasteiger partial charge in [-0.1, -0.05) is 18.2 Å². The summed E-state index contributed by atoms with van der Waals surface area (Å²) >= 11 is 1.30. The third kappa shape index (κ3) is 6.02. The van der Waals surface area contributed by atoms with E-state index in [-0.39, 0.29) is 31.2 Å². The maximum absolute atomic E-state index is 13.3. The first-order valence-electron chi connectivity index (χ1n) is 13.8. The van der Waals surface area contributed by atoms with Crippen molar-refractivity contribution >= 4 is 45.1 Å². The first-order chi connectivity index (χ1) is 21.1. The number of cyclic esters (lactones) is 1. The van der Waals surface area contributed by atoms with Gasteiger partial charge in [-0.3, -0.25) is 19.3 Å². The molecule has 0 unspecified atom stereocenters. The Bertz CT molecular complexity index is 1810. The lowest BCUT2D eigenvalue weighted by atomic mass is 10.00. The monoisotopic (exact) mass is 625 g/mol. The van der Waals surface area contributed by atoms with Gasteiger partial charge in [0.05, 0.1) is 28.0 Å². The fraction of sp³-hybridized carbons (Fsp3) is 0.300. The van der Waals surface area contributed by atoms with Crippen LogP contribution in [-0.4, -0.2) is 51.5 Å². The summed E-state index contributed by atoms with van der Waals surface area (Å²) in [7, 11) is 0. The largest absolute Gasteiger partial charge is 0.444 e. The van der Waals surface area contributed by atoms with Gasteiger partial charge in [-0.2, -0.15) is 13.2 Å². The Morgan fingerprint density at radius 2 is 1.82 bits per heavy atom. The lowest BCUT2D eigenvalue weighted by Crippen LogP contribution is -2.50. The van der Waals surface area contributed by atoms with Crippen LogP contribution in [0, 0.1) is 0 Å². The molecule has 2 aromatic heterocycles. The summed E-state index contributed by atoms with van der Waals surface area (Å²) in [5.41, 5.74) is 1.08. The quantitative estimate of drug-likeness (QED) is 0.336. The van der Waals surface area contributed by atoms with Gasteiger partial charge in [0.2, 0.25) is 5.91 Å². The van der Waals surface area contributed by atoms with E-state index in [4.69, 9.17) is 4.74 Å². The van der Waals surface area contributed by atoms with E-state index in [1.165, 1.54) is 11.3 Å². The summed E-state index contributed by atoms with van der Waals surface area (Å²) in [6.07, 6.45) is -3.20. The van der Waals surface area contributed by atoms with Gasteiger partial charge >= 0.3 is 12.3 Å². The molecule has 2 aliphatic rings. The maximum atomic E-state index is 13.3. The van der Waals surface area contributed by atoms with Gasteiger partial charge in [0.15, 0.2) is 0 Å². The van der Waals surface area contributed by atoms with E-state index in [2.05, 4.69) is 10.3 Å². The molecule has 1 N–H and O–H groups in total. The number of halogens is 3. The SMILES string of the molecule is O=C(Cn1cc(C(F)(F)F)ccc1=O)NCc1nc2cc(C(=O)N3CCC(N4C(=O)OCc5ccccc54)CC3)ccc2s1. The Hall–Kier alpha value is -4.72. The molecule has 4 aromatic rings. The number of hydrogen-bond donors (Lipinski definition) is 1. The molecule has 14 heteroatoms. The Balaban J connectivity index is 1.06. The predicted octanol–water partition coefficient (Wildman–Crippen LogP) is 4.55. The molecule has 3 amide bonds. The summed E-state index contributed by atoms with van der Waals surface area (Å²) in [6.45, 7) is 0.615. The number of benzene rings is 2. The number of likely N-dealkylation sites (tertiary alicyclic amines) is 1. The highest BCUT2D eigenvalue weighted by molar-refractivity contribution is 7.18. The Morgan fingerprint density at radius 3 is 2.59 bits per heavy atom. The first kappa shape index (κ1) is 29.4. The zero-order chi connectivity index (χ0) is 31.0. The van der Waals surface area contributed by atoms with Crippen LogP contribution in [0.5, 0.6) is 0 Å². The third-order valence-corrected chi connectivity index (χ3v) is 8.69. The van der Waals surface area contributed by atoms with Gasteiger partial charge in [0.25, 0.3) is 11.5 Å². The zero-order valence-electron chi connectivity index (χ0n) is 23.2. The van der Waals surface area contributed by atoms with Crippen molar-refractivity contribution in [3.63, 3.8) is 0 Å². The molecule has 0 spiro atoms. The van der Waals surface area contributed by atoms with Gasteiger partial charge in [0, 0.05) is 42.5 Å². The molecule has 2 aliphatic heterocycles. The van der Waals surface area contributed by atoms with Crippen LogP contribution in [0.25, 0.3) is 10.2 Å². The lowest BCUT2D eigenvalue weighted by molar-refractivity contribution is -0.138. The number of fused-ring (bicyclic) bond motifs is 2. The van der Waals surface area contributed by atoms with Crippen molar-refractivity contribution in [2.75, 3.05) is 18.0 Å². The van der Waals surface area contributed by atoms with Crippen LogP contribution in [0.3, 0.4) is 0 Å². The fourth-order valence-electron chi connectivity index (χ4n) is 5.42. The van der Waals surface area contributed by atoms with E-state index in [1.54, 1.807) is 28.0 Å². The molecule has 6 rings (SSSR count). The number of carbonyl (C=O) groups excluding carboxylic acids is 3. The third-order valence-electron chi connectivity index (χ3n) is 7.66. The second-order valence-electron chi connectivity index (χ2n) is 10.5. The Kier molecular flexibility index (Phi) is 7.84. The highest BCUT2D eigenvalue weighted by Gasteiger charge is 2.35. The predicted molar refractivity (Wildman–Crippen MR) is 155 cm³/mol. The molecule has 228 valence electrons. The highest BCUT2D eigenvalue weighted by Crippen LogP contribution is 2.32. The highest BCUT2D eigenvalue weighted by atomic mass is 32.1. The smallest absolute Gasteiger partial charge is 0.417 e. The number of nitrogens with zero attached hydrogens (tertiary/aromatic N) is 4. The van der Waals surface area contributed by atoms with E-state index in [9.17, 15) is 32.3 Å². The number of piperidine rings is 1. The number of aromatic nitrogens is 2. The summed E-state index contributed by atoms with van der Waals surface area (Å²) in [6, 6.07) is 14.2. The van der Waals surface area contributed by atoms with E-state index < -0.39 is 29.8 Å². The van der Waals surface area contributed by atoms with Crippen LogP contribution in [-0.2, 0) is 35.4 Å². The van der Waals surface area contributed by atoms with Crippen molar-refractivity contribution in [3.05, 3.63) is 92.8 Å². The van der Waals surface area contributed by atoms with Crippen molar-refractivity contribution < 1.29 is 32.3 Å². The Labute approximate surface area is 252 Å². The number of para-hydroxylation sites is 1. The van der Waals surface area contributed by atoms with Crippen molar-refractivity contribution in [1.29, 1.82) is 0 Å². The molecule has 2 aromatic carbocycles. The van der Waals surface area contributed by atoms with E-state index in [1.807, 2.05) is 24.3 Å². The second kappa shape index (κ2) is 11.8. The topological polar surface area (TPSA) is 114 Å². The molecule has 1 fully saturated rings. The fourth-order valence-corrected chi connectivity index (χ4v) is 6.31. The van der Waals surface area contributed by atoms with Crippen LogP contribution in [0.15, 0.2) is 65.6 Å². The van der Waals surface area contributed by atoms with E-state index in [0.29, 0.717) is 58.8 Å². The number of nitrogens with one attached hydrogen (secondary N) is 1. The molecular weight excluding hydrogens is 599 g/mol. The van der Waals surface area contributed by atoms with Gasteiger partial charge < -0.3 is 19.5 Å². The van der Waals surface area contributed by atoms with Crippen LogP contribution in [0.2, 0.25) is 0 Å². The number of carbonyl (C=O) groups is 3. The molecular formula is C30H26F3N5O5S. The molecule has 4 heterocycles. The minimum Gasteiger partial charge on any atom is -0.444 e. The average Bonchev–Trinajstić information content (AvgIpc) is 3.43. The number of ether oxygens (including phenoxy) is 1. The van der Waals surface area contributed by atoms with E-state index in [0.717, 1.165) is 22.0 Å². The number of pyridine rings is 1. The number of amides is 3. The molecule has 10 nitrogen and oxygen atoms in total. The Morgan fingerprint density at radius 1 is 1.05 bits per heavy atom. The van der Waals surface area contributed by atoms with Crippen molar-refractivity contribution in [1.82, 2.24) is 19.8 Å². The first-order valence-corrected chi connectivity index (χ1v) is 14.7. The summed E-state index contributed by atoms with van der Waals surface area (Å²) < 4.78 is 45.8. The van der Waals surface area contributed by atoms with Crippen LogP contribution < -0.4 is 15.8 Å².